The number of carbonyl (C=O) groups is 1. The summed E-state index contributed by atoms with van der Waals surface area (Å²) in [6, 6.07) is 0. The second kappa shape index (κ2) is 2.54. The number of nitrogens with one attached hydrogen (secondary N) is 1. The molecule has 58 valence electrons. The Morgan fingerprint density at radius 3 is 3.36 bits per heavy atom. The average Bonchev–Trinajstić information content (AvgIpc) is 2.47. The van der Waals surface area contributed by atoms with Crippen molar-refractivity contribution in [2.45, 2.75) is 5.16 Å². The molecule has 0 amide bonds. The zero-order valence-corrected chi connectivity index (χ0v) is 6.47. The minimum atomic E-state index is 0.340. The van der Waals surface area contributed by atoms with Gasteiger partial charge in [-0.3, -0.25) is 4.79 Å². The van der Waals surface area contributed by atoms with E-state index in [2.05, 4.69) is 15.6 Å². The van der Waals surface area contributed by atoms with Gasteiger partial charge in [0, 0.05) is 12.3 Å². The SMILES string of the molecule is O=Cc1nnc2n1NCCS2. The highest BCUT2D eigenvalue weighted by atomic mass is 32.2. The molecule has 0 atom stereocenters. The van der Waals surface area contributed by atoms with Crippen molar-refractivity contribution >= 4 is 18.0 Å². The van der Waals surface area contributed by atoms with Crippen LogP contribution in [0.1, 0.15) is 10.6 Å². The maximum absolute atomic E-state index is 10.4. The van der Waals surface area contributed by atoms with Gasteiger partial charge in [-0.25, -0.2) is 4.68 Å². The standard InChI is InChI=1S/C5H6N4OS/c10-3-4-7-8-5-9(4)6-1-2-11-5/h3,6H,1-2H2. The number of hydrogen-bond acceptors (Lipinski definition) is 5. The molecule has 6 heteroatoms. The number of fused-ring (bicyclic) bond motifs is 1. The highest BCUT2D eigenvalue weighted by Crippen LogP contribution is 2.17. The van der Waals surface area contributed by atoms with E-state index in [4.69, 9.17) is 0 Å². The molecule has 2 heterocycles. The largest absolute Gasteiger partial charge is 0.321 e. The predicted molar refractivity (Wildman–Crippen MR) is 40.4 cm³/mol. The smallest absolute Gasteiger partial charge is 0.216 e. The Balaban J connectivity index is 2.45. The summed E-state index contributed by atoms with van der Waals surface area (Å²) >= 11 is 1.59. The van der Waals surface area contributed by atoms with E-state index in [0.29, 0.717) is 12.1 Å². The van der Waals surface area contributed by atoms with Crippen LogP contribution in [-0.2, 0) is 0 Å². The van der Waals surface area contributed by atoms with Crippen molar-refractivity contribution in [3.63, 3.8) is 0 Å². The zero-order chi connectivity index (χ0) is 7.68. The third-order valence-corrected chi connectivity index (χ3v) is 2.30. The molecule has 1 aliphatic heterocycles. The molecule has 1 N–H and O–H groups in total. The van der Waals surface area contributed by atoms with Crippen molar-refractivity contribution < 1.29 is 4.79 Å². The van der Waals surface area contributed by atoms with E-state index in [1.54, 1.807) is 16.4 Å². The van der Waals surface area contributed by atoms with E-state index in [9.17, 15) is 4.79 Å². The first-order chi connectivity index (χ1) is 5.42. The van der Waals surface area contributed by atoms with Crippen LogP contribution < -0.4 is 5.43 Å². The van der Waals surface area contributed by atoms with E-state index in [1.807, 2.05) is 0 Å². The molecule has 0 fully saturated rings. The number of rotatable bonds is 1. The van der Waals surface area contributed by atoms with Gasteiger partial charge in [-0.1, -0.05) is 11.8 Å². The van der Waals surface area contributed by atoms with Crippen molar-refractivity contribution in [1.29, 1.82) is 0 Å². The lowest BCUT2D eigenvalue weighted by Crippen LogP contribution is -2.24. The molecule has 0 unspecified atom stereocenters. The number of carbonyl (C=O) groups excluding carboxylic acids is 1. The molecule has 2 rings (SSSR count). The molecule has 1 aliphatic rings. The van der Waals surface area contributed by atoms with Crippen LogP contribution in [0.2, 0.25) is 0 Å². The summed E-state index contributed by atoms with van der Waals surface area (Å²) in [6.45, 7) is 0.844. The Morgan fingerprint density at radius 2 is 2.55 bits per heavy atom. The van der Waals surface area contributed by atoms with E-state index in [1.165, 1.54) is 0 Å². The first-order valence-electron chi connectivity index (χ1n) is 3.19. The van der Waals surface area contributed by atoms with Crippen LogP contribution in [0.3, 0.4) is 0 Å². The highest BCUT2D eigenvalue weighted by molar-refractivity contribution is 7.99. The van der Waals surface area contributed by atoms with Gasteiger partial charge in [0.15, 0.2) is 6.29 Å². The molecule has 11 heavy (non-hydrogen) atoms. The number of aldehydes is 1. The summed E-state index contributed by atoms with van der Waals surface area (Å²) in [4.78, 5) is 10.4. The Bertz CT molecular complexity index is 284. The van der Waals surface area contributed by atoms with Crippen molar-refractivity contribution in [2.75, 3.05) is 17.7 Å². The molecule has 1 aromatic rings. The predicted octanol–water partition coefficient (Wildman–Crippen LogP) is -0.260. The monoisotopic (exact) mass is 170 g/mol. The van der Waals surface area contributed by atoms with Gasteiger partial charge in [-0.05, 0) is 0 Å². The summed E-state index contributed by atoms with van der Waals surface area (Å²) in [5.74, 6) is 1.31. The fourth-order valence-corrected chi connectivity index (χ4v) is 1.66. The van der Waals surface area contributed by atoms with Crippen LogP contribution in [0.15, 0.2) is 5.16 Å². The van der Waals surface area contributed by atoms with Crippen molar-refractivity contribution in [1.82, 2.24) is 14.9 Å². The van der Waals surface area contributed by atoms with E-state index >= 15 is 0 Å². The number of hydrogen-bond donors (Lipinski definition) is 1. The van der Waals surface area contributed by atoms with Gasteiger partial charge in [0.2, 0.25) is 11.0 Å². The van der Waals surface area contributed by atoms with Gasteiger partial charge in [0.1, 0.15) is 0 Å². The minimum Gasteiger partial charge on any atom is -0.321 e. The fourth-order valence-electron chi connectivity index (χ4n) is 0.900. The summed E-state index contributed by atoms with van der Waals surface area (Å²) in [5, 5.41) is 8.25. The molecule has 0 aromatic carbocycles. The molecule has 0 aliphatic carbocycles. The summed E-state index contributed by atoms with van der Waals surface area (Å²) in [6.07, 6.45) is 0.690. The van der Waals surface area contributed by atoms with E-state index in [-0.39, 0.29) is 0 Å². The molecule has 5 nitrogen and oxygen atoms in total. The maximum Gasteiger partial charge on any atom is 0.216 e. The van der Waals surface area contributed by atoms with Crippen LogP contribution in [0.4, 0.5) is 0 Å². The van der Waals surface area contributed by atoms with Crippen LogP contribution in [-0.4, -0.2) is 33.5 Å². The Labute approximate surface area is 67.2 Å². The van der Waals surface area contributed by atoms with Gasteiger partial charge in [0.05, 0.1) is 0 Å². The lowest BCUT2D eigenvalue weighted by atomic mass is 10.7. The van der Waals surface area contributed by atoms with Crippen molar-refractivity contribution in [3.05, 3.63) is 5.82 Å². The lowest BCUT2D eigenvalue weighted by molar-refractivity contribution is 0.111. The normalized spacial score (nSPS) is 15.3. The van der Waals surface area contributed by atoms with Crippen LogP contribution in [0, 0.1) is 0 Å². The second-order valence-electron chi connectivity index (χ2n) is 2.05. The zero-order valence-electron chi connectivity index (χ0n) is 5.65. The van der Waals surface area contributed by atoms with Crippen LogP contribution >= 0.6 is 11.8 Å². The molecule has 0 saturated carbocycles. The number of aromatic nitrogens is 3. The van der Waals surface area contributed by atoms with Crippen molar-refractivity contribution in [3.8, 4) is 0 Å². The van der Waals surface area contributed by atoms with E-state index in [0.717, 1.165) is 17.5 Å². The average molecular weight is 170 g/mol. The van der Waals surface area contributed by atoms with Crippen LogP contribution in [0.5, 0.6) is 0 Å². The molecule has 0 bridgehead atoms. The molecule has 0 radical (unpaired) electrons. The number of thioether (sulfide) groups is 1. The molecular formula is C5H6N4OS. The molecular weight excluding hydrogens is 164 g/mol. The van der Waals surface area contributed by atoms with E-state index < -0.39 is 0 Å². The minimum absolute atomic E-state index is 0.340. The van der Waals surface area contributed by atoms with Gasteiger partial charge in [-0.15, -0.1) is 10.2 Å². The van der Waals surface area contributed by atoms with Crippen molar-refractivity contribution in [2.24, 2.45) is 0 Å². The Hall–Kier alpha value is -1.04. The first-order valence-corrected chi connectivity index (χ1v) is 4.17. The Morgan fingerprint density at radius 1 is 1.64 bits per heavy atom. The maximum atomic E-state index is 10.4. The molecule has 0 saturated heterocycles. The van der Waals surface area contributed by atoms with Gasteiger partial charge >= 0.3 is 0 Å². The summed E-state index contributed by atoms with van der Waals surface area (Å²) in [5.41, 5.74) is 3.00. The quantitative estimate of drug-likeness (QED) is 0.588. The number of nitrogens with zero attached hydrogens (tertiary/aromatic N) is 3. The van der Waals surface area contributed by atoms with Gasteiger partial charge in [0.25, 0.3) is 0 Å². The third-order valence-electron chi connectivity index (χ3n) is 1.37. The third kappa shape index (κ3) is 0.988. The van der Waals surface area contributed by atoms with Gasteiger partial charge < -0.3 is 5.43 Å². The first kappa shape index (κ1) is 6.66. The van der Waals surface area contributed by atoms with Crippen LogP contribution in [0.25, 0.3) is 0 Å². The summed E-state index contributed by atoms with van der Waals surface area (Å²) in [7, 11) is 0. The highest BCUT2D eigenvalue weighted by Gasteiger charge is 2.14. The fraction of sp³-hybridized carbons (Fsp3) is 0.400. The van der Waals surface area contributed by atoms with Gasteiger partial charge in [-0.2, -0.15) is 0 Å². The second-order valence-corrected chi connectivity index (χ2v) is 3.11. The topological polar surface area (TPSA) is 59.8 Å². The lowest BCUT2D eigenvalue weighted by Gasteiger charge is -2.14. The summed E-state index contributed by atoms with van der Waals surface area (Å²) < 4.78 is 1.61. The molecule has 0 spiro atoms. The Kier molecular flexibility index (Phi) is 1.54. The molecule has 1 aromatic heterocycles.